The number of fused-ring (bicyclic) bond motifs is 1. The van der Waals surface area contributed by atoms with Crippen LogP contribution in [0.2, 0.25) is 0 Å². The van der Waals surface area contributed by atoms with E-state index in [0.29, 0.717) is 41.9 Å². The summed E-state index contributed by atoms with van der Waals surface area (Å²) in [4.78, 5) is 71.9. The molecule has 322 valence electrons. The molecule has 3 saturated heterocycles. The molecule has 2 N–H and O–H groups in total. The highest BCUT2D eigenvalue weighted by atomic mass is 16.2. The fourth-order valence-electron chi connectivity index (χ4n) is 11.2. The van der Waals surface area contributed by atoms with Crippen molar-refractivity contribution in [2.24, 2.45) is 11.8 Å². The number of ketones is 1. The highest BCUT2D eigenvalue weighted by molar-refractivity contribution is 6.01. The van der Waals surface area contributed by atoms with Gasteiger partial charge < -0.3 is 15.1 Å². The van der Waals surface area contributed by atoms with E-state index in [1.54, 1.807) is 10.8 Å². The number of pyridine rings is 2. The number of amides is 2. The Morgan fingerprint density at radius 1 is 0.803 bits per heavy atom. The van der Waals surface area contributed by atoms with Gasteiger partial charge in [0.15, 0.2) is 5.78 Å². The van der Waals surface area contributed by atoms with Crippen molar-refractivity contribution in [1.82, 2.24) is 34.6 Å². The Morgan fingerprint density at radius 2 is 1.56 bits per heavy atom. The second-order valence-corrected chi connectivity index (χ2v) is 18.4. The van der Waals surface area contributed by atoms with Crippen LogP contribution in [0.15, 0.2) is 53.6 Å². The zero-order valence-corrected chi connectivity index (χ0v) is 35.9. The minimum absolute atomic E-state index is 0.0304. The van der Waals surface area contributed by atoms with Gasteiger partial charge in [-0.2, -0.15) is 4.98 Å². The van der Waals surface area contributed by atoms with Crippen LogP contribution >= 0.6 is 0 Å². The number of carbonyl (C=O) groups is 3. The third kappa shape index (κ3) is 9.00. The van der Waals surface area contributed by atoms with Crippen molar-refractivity contribution in [2.45, 2.75) is 115 Å². The van der Waals surface area contributed by atoms with Gasteiger partial charge in [0.1, 0.15) is 11.5 Å². The van der Waals surface area contributed by atoms with Crippen molar-refractivity contribution in [1.29, 1.82) is 0 Å². The maximum Gasteiger partial charge on any atom is 0.263 e. The first kappa shape index (κ1) is 41.3. The molecular formula is C48H61N9O4. The molecule has 0 radical (unpaired) electrons. The van der Waals surface area contributed by atoms with Crippen molar-refractivity contribution < 1.29 is 14.4 Å². The fraction of sp³-hybridized carbons (Fsp3) is 0.562. The van der Waals surface area contributed by atoms with Crippen LogP contribution in [-0.2, 0) is 16.0 Å². The highest BCUT2D eigenvalue weighted by Crippen LogP contribution is 2.38. The van der Waals surface area contributed by atoms with E-state index in [1.807, 2.05) is 19.2 Å². The lowest BCUT2D eigenvalue weighted by Gasteiger charge is -2.45. The van der Waals surface area contributed by atoms with Crippen LogP contribution in [0.3, 0.4) is 0 Å². The van der Waals surface area contributed by atoms with E-state index in [4.69, 9.17) is 9.97 Å². The Balaban J connectivity index is 0.738. The molecule has 3 unspecified atom stereocenters. The number of nitrogens with one attached hydrogen (secondary N) is 2. The molecule has 0 bridgehead atoms. The largest absolute Gasteiger partial charge is 0.368 e. The van der Waals surface area contributed by atoms with Crippen molar-refractivity contribution in [3.05, 3.63) is 81.4 Å². The highest BCUT2D eigenvalue weighted by Gasteiger charge is 2.35. The summed E-state index contributed by atoms with van der Waals surface area (Å²) in [5.41, 5.74) is 4.62. The molecule has 2 amide bonds. The second kappa shape index (κ2) is 18.1. The Morgan fingerprint density at radius 3 is 2.26 bits per heavy atom. The van der Waals surface area contributed by atoms with Crippen LogP contribution in [-0.4, -0.2) is 98.8 Å². The minimum atomic E-state index is -0.251. The van der Waals surface area contributed by atoms with Crippen molar-refractivity contribution in [3.63, 3.8) is 0 Å². The molecule has 1 aromatic carbocycles. The summed E-state index contributed by atoms with van der Waals surface area (Å²) in [5, 5.41) is 6.48. The van der Waals surface area contributed by atoms with Crippen LogP contribution in [0.4, 0.5) is 17.5 Å². The lowest BCUT2D eigenvalue weighted by atomic mass is 9.73. The van der Waals surface area contributed by atoms with Crippen LogP contribution in [0.25, 0.3) is 11.0 Å². The van der Waals surface area contributed by atoms with E-state index in [9.17, 15) is 19.2 Å². The van der Waals surface area contributed by atoms with Crippen molar-refractivity contribution in [2.75, 3.05) is 56.0 Å². The number of nitrogens with zero attached hydrogens (tertiary/aromatic N) is 7. The topological polar surface area (TPSA) is 146 Å². The predicted molar refractivity (Wildman–Crippen MR) is 238 cm³/mol. The number of imide groups is 1. The zero-order chi connectivity index (χ0) is 42.0. The smallest absolute Gasteiger partial charge is 0.263 e. The van der Waals surface area contributed by atoms with Gasteiger partial charge in [-0.3, -0.25) is 34.0 Å². The van der Waals surface area contributed by atoms with Gasteiger partial charge in [-0.15, -0.1) is 0 Å². The molecular weight excluding hydrogens is 767 g/mol. The van der Waals surface area contributed by atoms with E-state index in [0.717, 1.165) is 93.3 Å². The molecule has 61 heavy (non-hydrogen) atoms. The third-order valence-corrected chi connectivity index (χ3v) is 14.8. The minimum Gasteiger partial charge on any atom is -0.368 e. The number of piperidine rings is 2. The van der Waals surface area contributed by atoms with Gasteiger partial charge in [0.25, 0.3) is 5.56 Å². The molecule has 13 heteroatoms. The van der Waals surface area contributed by atoms with Gasteiger partial charge >= 0.3 is 0 Å². The summed E-state index contributed by atoms with van der Waals surface area (Å²) in [6.45, 7) is 10.8. The van der Waals surface area contributed by atoms with Gasteiger partial charge in [-0.1, -0.05) is 49.9 Å². The Kier molecular flexibility index (Phi) is 12.3. The average molecular weight is 828 g/mol. The lowest BCUT2D eigenvalue weighted by molar-refractivity contribution is -0.134. The molecule has 3 aliphatic heterocycles. The summed E-state index contributed by atoms with van der Waals surface area (Å²) in [6.07, 6.45) is 17.5. The summed E-state index contributed by atoms with van der Waals surface area (Å²) in [5.74, 6) is 1.90. The van der Waals surface area contributed by atoms with Gasteiger partial charge in [-0.05, 0) is 119 Å². The molecule has 2 aliphatic carbocycles. The molecule has 2 saturated carbocycles. The maximum absolute atomic E-state index is 13.6. The third-order valence-electron chi connectivity index (χ3n) is 14.8. The first-order valence-electron chi connectivity index (χ1n) is 23.0. The first-order chi connectivity index (χ1) is 29.7. The number of aryl methyl sites for hydroxylation is 1. The van der Waals surface area contributed by atoms with Gasteiger partial charge in [0.2, 0.25) is 17.8 Å². The van der Waals surface area contributed by atoms with Crippen molar-refractivity contribution >= 4 is 46.1 Å². The molecule has 13 nitrogen and oxygen atoms in total. The number of Topliss-reactive ketones (excluding diaryl/α,β-unsaturated/α-hetero) is 1. The number of carbonyl (C=O) groups excluding carboxylic acids is 3. The normalized spacial score (nSPS) is 23.7. The Hall–Kier alpha value is -5.01. The second-order valence-electron chi connectivity index (χ2n) is 18.4. The van der Waals surface area contributed by atoms with Crippen molar-refractivity contribution in [3.8, 4) is 0 Å². The number of piperazine rings is 1. The van der Waals surface area contributed by atoms with E-state index in [1.165, 1.54) is 64.1 Å². The van der Waals surface area contributed by atoms with E-state index in [2.05, 4.69) is 60.6 Å². The summed E-state index contributed by atoms with van der Waals surface area (Å²) in [7, 11) is 0. The summed E-state index contributed by atoms with van der Waals surface area (Å²) >= 11 is 0. The first-order valence-corrected chi connectivity index (χ1v) is 23.0. The number of benzene rings is 1. The number of hydrogen-bond acceptors (Lipinski definition) is 11. The number of likely N-dealkylation sites (tertiary alicyclic amines) is 1. The van der Waals surface area contributed by atoms with Gasteiger partial charge in [0, 0.05) is 62.8 Å². The Bertz CT molecular complexity index is 2290. The number of hydrogen-bond donors (Lipinski definition) is 2. The fourth-order valence-corrected chi connectivity index (χ4v) is 11.2. The van der Waals surface area contributed by atoms with Crippen LogP contribution < -0.4 is 21.1 Å². The quantitative estimate of drug-likeness (QED) is 0.123. The molecule has 0 spiro atoms. The predicted octanol–water partition coefficient (Wildman–Crippen LogP) is 6.71. The molecule has 3 aromatic heterocycles. The number of aromatic nitrogens is 4. The summed E-state index contributed by atoms with van der Waals surface area (Å²) < 4.78 is 1.74. The molecule has 3 atom stereocenters. The summed E-state index contributed by atoms with van der Waals surface area (Å²) in [6, 6.07) is 13.3. The molecule has 5 aliphatic rings. The van der Waals surface area contributed by atoms with E-state index >= 15 is 0 Å². The van der Waals surface area contributed by atoms with E-state index < -0.39 is 0 Å². The zero-order valence-electron chi connectivity index (χ0n) is 35.9. The van der Waals surface area contributed by atoms with Gasteiger partial charge in [0.05, 0.1) is 23.4 Å². The molecule has 5 fully saturated rings. The van der Waals surface area contributed by atoms with Crippen LogP contribution in [0.5, 0.6) is 0 Å². The molecule has 4 aromatic rings. The van der Waals surface area contributed by atoms with Crippen LogP contribution in [0.1, 0.15) is 123 Å². The monoisotopic (exact) mass is 827 g/mol. The molecule has 6 heterocycles. The lowest BCUT2D eigenvalue weighted by Crippen LogP contribution is -2.52. The Labute approximate surface area is 358 Å². The van der Waals surface area contributed by atoms with Gasteiger partial charge in [-0.25, -0.2) is 9.97 Å². The van der Waals surface area contributed by atoms with Crippen LogP contribution in [0, 0.1) is 18.8 Å². The number of anilines is 3. The van der Waals surface area contributed by atoms with E-state index in [-0.39, 0.29) is 40.7 Å². The molecule has 9 rings (SSSR count). The SMILES string of the molecule is CC(=O)c1c(C)c2cnc(Nc3ccc(N4CCN(C5CCCC(C6CCN(CCc7ccc(C8CCC(=O)NC8=O)cc7)CC6)C5)CC4)cn3)nc2n(C2CCCC2)c1=O. The number of rotatable bonds is 11. The standard InChI is InChI=1S/C48H61N9O4/c1-31-41-30-50-48(53-45(41)57(37-7-3-4-8-37)47(61)44(31)32(2)58)51-42-16-14-39(29-49-42)56-26-24-55(25-27-56)38-9-5-6-36(28-38)34-19-22-54(23-20-34)21-18-33-10-12-35(13-11-33)40-15-17-43(59)52-46(40)60/h10-14,16,29-30,34,36-38,40H,3-9,15,17-28H2,1-2H3,(H,52,59,60)(H,49,50,51,53). The maximum atomic E-state index is 13.6. The average Bonchev–Trinajstić information content (AvgIpc) is 3.81.